The summed E-state index contributed by atoms with van der Waals surface area (Å²) in [5, 5.41) is 10.2. The molecule has 1 aromatic carbocycles. The molecule has 2 heterocycles. The van der Waals surface area contributed by atoms with E-state index in [1.807, 2.05) is 30.5 Å². The van der Waals surface area contributed by atoms with Crippen molar-refractivity contribution >= 4 is 40.6 Å². The van der Waals surface area contributed by atoms with Gasteiger partial charge in [0.25, 0.3) is 0 Å². The SMILES string of the molecule is CSc1sc(-c2ccnc(N)n2)c(-c2ccccc2Cl)c1C#N. The van der Waals surface area contributed by atoms with Crippen molar-refractivity contribution in [3.05, 3.63) is 47.1 Å². The Kier molecular flexibility index (Phi) is 4.53. The van der Waals surface area contributed by atoms with Gasteiger partial charge in [0.15, 0.2) is 0 Å². The molecular weight excluding hydrogens is 348 g/mol. The Morgan fingerprint density at radius 1 is 1.30 bits per heavy atom. The van der Waals surface area contributed by atoms with Gasteiger partial charge in [-0.3, -0.25) is 0 Å². The van der Waals surface area contributed by atoms with E-state index < -0.39 is 0 Å². The molecule has 4 nitrogen and oxygen atoms in total. The zero-order chi connectivity index (χ0) is 16.4. The van der Waals surface area contributed by atoms with Crippen LogP contribution in [0.2, 0.25) is 5.02 Å². The van der Waals surface area contributed by atoms with Gasteiger partial charge in [0.05, 0.1) is 20.3 Å². The molecule has 0 aliphatic carbocycles. The van der Waals surface area contributed by atoms with Crippen molar-refractivity contribution in [2.24, 2.45) is 0 Å². The Hall–Kier alpha value is -2.07. The Morgan fingerprint density at radius 3 is 2.74 bits per heavy atom. The lowest BCUT2D eigenvalue weighted by molar-refractivity contribution is 1.19. The van der Waals surface area contributed by atoms with Gasteiger partial charge in [-0.2, -0.15) is 5.26 Å². The summed E-state index contributed by atoms with van der Waals surface area (Å²) in [6.45, 7) is 0. The number of hydrogen-bond donors (Lipinski definition) is 1. The molecule has 7 heteroatoms. The predicted molar refractivity (Wildman–Crippen MR) is 96.7 cm³/mol. The fraction of sp³-hybridized carbons (Fsp3) is 0.0625. The van der Waals surface area contributed by atoms with Gasteiger partial charge < -0.3 is 5.73 Å². The number of nitrogens with zero attached hydrogens (tertiary/aromatic N) is 3. The largest absolute Gasteiger partial charge is 0.368 e. The highest BCUT2D eigenvalue weighted by molar-refractivity contribution is 8.00. The molecule has 23 heavy (non-hydrogen) atoms. The van der Waals surface area contributed by atoms with Crippen molar-refractivity contribution in [2.45, 2.75) is 4.21 Å². The van der Waals surface area contributed by atoms with E-state index in [1.165, 1.54) is 23.1 Å². The lowest BCUT2D eigenvalue weighted by atomic mass is 10.0. The molecule has 0 aliphatic heterocycles. The topological polar surface area (TPSA) is 75.6 Å². The fourth-order valence-electron chi connectivity index (χ4n) is 2.26. The van der Waals surface area contributed by atoms with Crippen molar-refractivity contribution < 1.29 is 0 Å². The molecule has 0 aliphatic rings. The lowest BCUT2D eigenvalue weighted by Gasteiger charge is -2.07. The molecule has 0 saturated heterocycles. The van der Waals surface area contributed by atoms with E-state index in [4.69, 9.17) is 17.3 Å². The van der Waals surface area contributed by atoms with Crippen LogP contribution >= 0.6 is 34.7 Å². The van der Waals surface area contributed by atoms with Gasteiger partial charge in [-0.15, -0.1) is 23.1 Å². The number of halogens is 1. The van der Waals surface area contributed by atoms with Crippen LogP contribution in [0.25, 0.3) is 21.7 Å². The number of thiophene rings is 1. The molecule has 0 bridgehead atoms. The molecule has 3 aromatic rings. The maximum Gasteiger partial charge on any atom is 0.220 e. The fourth-order valence-corrected chi connectivity index (χ4v) is 4.39. The zero-order valence-electron chi connectivity index (χ0n) is 12.1. The molecule has 2 aromatic heterocycles. The van der Waals surface area contributed by atoms with E-state index in [1.54, 1.807) is 12.3 Å². The number of nitrogen functional groups attached to an aromatic ring is 1. The Balaban J connectivity index is 2.35. The third-order valence-electron chi connectivity index (χ3n) is 3.22. The molecular formula is C16H11ClN4S2. The van der Waals surface area contributed by atoms with E-state index in [2.05, 4.69) is 16.0 Å². The van der Waals surface area contributed by atoms with Crippen LogP contribution in [0.3, 0.4) is 0 Å². The lowest BCUT2D eigenvalue weighted by Crippen LogP contribution is -1.95. The van der Waals surface area contributed by atoms with E-state index in [0.29, 0.717) is 16.3 Å². The molecule has 0 radical (unpaired) electrons. The maximum atomic E-state index is 9.64. The summed E-state index contributed by atoms with van der Waals surface area (Å²) in [4.78, 5) is 9.10. The second-order valence-corrected chi connectivity index (χ2v) is 7.07. The molecule has 0 saturated carbocycles. The number of hydrogen-bond acceptors (Lipinski definition) is 6. The normalized spacial score (nSPS) is 10.5. The molecule has 2 N–H and O–H groups in total. The molecule has 0 unspecified atom stereocenters. The van der Waals surface area contributed by atoms with Crippen molar-refractivity contribution in [2.75, 3.05) is 12.0 Å². The smallest absolute Gasteiger partial charge is 0.220 e. The second kappa shape index (κ2) is 6.59. The van der Waals surface area contributed by atoms with Gasteiger partial charge in [-0.1, -0.05) is 29.8 Å². The number of anilines is 1. The predicted octanol–water partition coefficient (Wildman–Crippen LogP) is 4.70. The molecule has 3 rings (SSSR count). The van der Waals surface area contributed by atoms with Crippen molar-refractivity contribution in [1.29, 1.82) is 5.26 Å². The zero-order valence-corrected chi connectivity index (χ0v) is 14.5. The van der Waals surface area contributed by atoms with Crippen molar-refractivity contribution in [3.8, 4) is 27.8 Å². The van der Waals surface area contributed by atoms with Crippen LogP contribution in [0.4, 0.5) is 5.95 Å². The summed E-state index contributed by atoms with van der Waals surface area (Å²) in [6, 6.07) is 11.6. The first kappa shape index (κ1) is 15.8. The first-order valence-electron chi connectivity index (χ1n) is 6.60. The number of nitrogens with two attached hydrogens (primary N) is 1. The molecule has 0 atom stereocenters. The summed E-state index contributed by atoms with van der Waals surface area (Å²) in [5.74, 6) is 0.199. The highest BCUT2D eigenvalue weighted by Gasteiger charge is 2.22. The standard InChI is InChI=1S/C16H11ClN4S2/c1-22-15-10(8-18)13(9-4-2-3-5-11(9)17)14(23-15)12-6-7-20-16(19)21-12/h2-7H,1H3,(H2,19,20,21). The number of rotatable bonds is 3. The highest BCUT2D eigenvalue weighted by atomic mass is 35.5. The second-order valence-electron chi connectivity index (χ2n) is 4.56. The van der Waals surface area contributed by atoms with E-state index in [-0.39, 0.29) is 5.95 Å². The Bertz CT molecular complexity index is 915. The minimum atomic E-state index is 0.199. The third kappa shape index (κ3) is 2.91. The number of nitriles is 1. The van der Waals surface area contributed by atoms with E-state index in [9.17, 15) is 5.26 Å². The average molecular weight is 359 g/mol. The van der Waals surface area contributed by atoms with Crippen LogP contribution in [0.15, 0.2) is 40.7 Å². The Morgan fingerprint density at radius 2 is 2.09 bits per heavy atom. The summed E-state index contributed by atoms with van der Waals surface area (Å²) >= 11 is 9.41. The van der Waals surface area contributed by atoms with Crippen molar-refractivity contribution in [1.82, 2.24) is 9.97 Å². The number of aromatic nitrogens is 2. The van der Waals surface area contributed by atoms with Gasteiger partial charge in [0.1, 0.15) is 6.07 Å². The molecule has 0 fully saturated rings. The number of thioether (sulfide) groups is 1. The van der Waals surface area contributed by atoms with Crippen LogP contribution in [0.1, 0.15) is 5.56 Å². The first-order valence-corrected chi connectivity index (χ1v) is 9.02. The first-order chi connectivity index (χ1) is 11.2. The summed E-state index contributed by atoms with van der Waals surface area (Å²) < 4.78 is 0.926. The van der Waals surface area contributed by atoms with E-state index in [0.717, 1.165) is 20.2 Å². The summed E-state index contributed by atoms with van der Waals surface area (Å²) in [7, 11) is 0. The summed E-state index contributed by atoms with van der Waals surface area (Å²) in [6.07, 6.45) is 3.56. The maximum absolute atomic E-state index is 9.64. The number of benzene rings is 1. The van der Waals surface area contributed by atoms with Crippen molar-refractivity contribution in [3.63, 3.8) is 0 Å². The van der Waals surface area contributed by atoms with Gasteiger partial charge in [-0.05, 0) is 18.4 Å². The molecule has 114 valence electrons. The molecule has 0 amide bonds. The Labute approximate surface area is 147 Å². The van der Waals surface area contributed by atoms with Crippen LogP contribution < -0.4 is 5.73 Å². The van der Waals surface area contributed by atoms with Crippen LogP contribution in [-0.4, -0.2) is 16.2 Å². The van der Waals surface area contributed by atoms with Crippen LogP contribution in [0, 0.1) is 11.3 Å². The van der Waals surface area contributed by atoms with Gasteiger partial charge >= 0.3 is 0 Å². The third-order valence-corrected chi connectivity index (χ3v) is 5.88. The average Bonchev–Trinajstić information content (AvgIpc) is 2.93. The van der Waals surface area contributed by atoms with Crippen LogP contribution in [0.5, 0.6) is 0 Å². The van der Waals surface area contributed by atoms with E-state index >= 15 is 0 Å². The monoisotopic (exact) mass is 358 g/mol. The van der Waals surface area contributed by atoms with Gasteiger partial charge in [0.2, 0.25) is 5.95 Å². The highest BCUT2D eigenvalue weighted by Crippen LogP contribution is 2.47. The minimum absolute atomic E-state index is 0.199. The quantitative estimate of drug-likeness (QED) is 0.686. The van der Waals surface area contributed by atoms with Gasteiger partial charge in [-0.25, -0.2) is 9.97 Å². The van der Waals surface area contributed by atoms with Crippen LogP contribution in [-0.2, 0) is 0 Å². The van der Waals surface area contributed by atoms with Gasteiger partial charge in [0, 0.05) is 22.3 Å². The summed E-state index contributed by atoms with van der Waals surface area (Å²) in [5.41, 5.74) is 8.62. The molecule has 0 spiro atoms. The minimum Gasteiger partial charge on any atom is -0.368 e.